The molecule has 0 radical (unpaired) electrons. The molecule has 0 bridgehead atoms. The lowest BCUT2D eigenvalue weighted by molar-refractivity contribution is 0.103. The molecule has 26 heavy (non-hydrogen) atoms. The number of rotatable bonds is 4. The summed E-state index contributed by atoms with van der Waals surface area (Å²) >= 11 is 0. The van der Waals surface area contributed by atoms with Gasteiger partial charge in [-0.05, 0) is 19.1 Å². The average Bonchev–Trinajstić information content (AvgIpc) is 3.15. The van der Waals surface area contributed by atoms with Gasteiger partial charge in [-0.3, -0.25) is 4.79 Å². The molecule has 0 unspecified atom stereocenters. The van der Waals surface area contributed by atoms with E-state index >= 15 is 0 Å². The van der Waals surface area contributed by atoms with E-state index in [2.05, 4.69) is 0 Å². The van der Waals surface area contributed by atoms with Crippen LogP contribution in [-0.2, 0) is 0 Å². The molecule has 4 aromatic rings. The number of aromatic nitrogens is 2. The summed E-state index contributed by atoms with van der Waals surface area (Å²) in [5, 5.41) is 4.72. The predicted molar refractivity (Wildman–Crippen MR) is 104 cm³/mol. The van der Waals surface area contributed by atoms with Gasteiger partial charge in [-0.15, -0.1) is 0 Å². The molecule has 0 N–H and O–H groups in total. The second-order valence-corrected chi connectivity index (χ2v) is 6.23. The number of nitrogens with zero attached hydrogens (tertiary/aromatic N) is 2. The Hall–Kier alpha value is -3.46. The van der Waals surface area contributed by atoms with Crippen LogP contribution in [0.1, 0.15) is 21.5 Å². The summed E-state index contributed by atoms with van der Waals surface area (Å²) < 4.78 is 1.77. The number of aryl methyl sites for hydroxylation is 1. The van der Waals surface area contributed by atoms with Crippen LogP contribution in [-0.4, -0.2) is 15.6 Å². The molecule has 0 saturated heterocycles. The van der Waals surface area contributed by atoms with E-state index in [1.807, 2.05) is 98.0 Å². The number of hydrogen-bond donors (Lipinski definition) is 0. The zero-order valence-electron chi connectivity index (χ0n) is 14.5. The summed E-state index contributed by atoms with van der Waals surface area (Å²) in [6.45, 7) is 2.04. The summed E-state index contributed by atoms with van der Waals surface area (Å²) in [6.07, 6.45) is 1.82. The van der Waals surface area contributed by atoms with E-state index in [-0.39, 0.29) is 5.78 Å². The van der Waals surface area contributed by atoms with Gasteiger partial charge in [-0.2, -0.15) is 5.10 Å². The van der Waals surface area contributed by atoms with Crippen molar-refractivity contribution in [2.45, 2.75) is 6.92 Å². The van der Waals surface area contributed by atoms with Crippen LogP contribution in [0.5, 0.6) is 0 Å². The van der Waals surface area contributed by atoms with E-state index in [4.69, 9.17) is 5.10 Å². The summed E-state index contributed by atoms with van der Waals surface area (Å²) in [7, 11) is 0. The van der Waals surface area contributed by atoms with E-state index in [1.165, 1.54) is 5.56 Å². The minimum Gasteiger partial charge on any atom is -0.288 e. The summed E-state index contributed by atoms with van der Waals surface area (Å²) in [5.74, 6) is -0.0247. The van der Waals surface area contributed by atoms with Crippen molar-refractivity contribution in [2.24, 2.45) is 0 Å². The molecule has 3 heteroatoms. The standard InChI is InChI=1S/C23H18N2O/c1-17-12-14-18(15-13-17)22-21(23(26)19-8-4-2-5-9-19)16-25(24-22)20-10-6-3-7-11-20/h2-16H,1H3. The fraction of sp³-hybridized carbons (Fsp3) is 0.0435. The van der Waals surface area contributed by atoms with Gasteiger partial charge in [0.05, 0.1) is 11.3 Å². The van der Waals surface area contributed by atoms with Gasteiger partial charge in [0.15, 0.2) is 5.78 Å². The number of carbonyl (C=O) groups excluding carboxylic acids is 1. The monoisotopic (exact) mass is 338 g/mol. The van der Waals surface area contributed by atoms with Crippen molar-refractivity contribution >= 4 is 5.78 Å². The number of carbonyl (C=O) groups is 1. The normalized spacial score (nSPS) is 10.7. The van der Waals surface area contributed by atoms with Gasteiger partial charge in [0.25, 0.3) is 0 Å². The van der Waals surface area contributed by atoms with Gasteiger partial charge >= 0.3 is 0 Å². The molecule has 0 atom stereocenters. The molecule has 1 heterocycles. The molecule has 3 nitrogen and oxygen atoms in total. The summed E-state index contributed by atoms with van der Waals surface area (Å²) in [6, 6.07) is 27.2. The minimum atomic E-state index is -0.0247. The maximum atomic E-state index is 13.1. The first-order chi connectivity index (χ1) is 12.7. The van der Waals surface area contributed by atoms with E-state index < -0.39 is 0 Å². The average molecular weight is 338 g/mol. The molecule has 0 fully saturated rings. The Kier molecular flexibility index (Phi) is 4.20. The zero-order chi connectivity index (χ0) is 17.9. The van der Waals surface area contributed by atoms with Crippen LogP contribution in [0.2, 0.25) is 0 Å². The third-order valence-electron chi connectivity index (χ3n) is 4.34. The lowest BCUT2D eigenvalue weighted by Crippen LogP contribution is -2.01. The number of benzene rings is 3. The third-order valence-corrected chi connectivity index (χ3v) is 4.34. The lowest BCUT2D eigenvalue weighted by atomic mass is 10.00. The Labute approximate surface area is 152 Å². The molecule has 0 aliphatic carbocycles. The third kappa shape index (κ3) is 3.07. The molecular weight excluding hydrogens is 320 g/mol. The molecular formula is C23H18N2O. The van der Waals surface area contributed by atoms with E-state index in [1.54, 1.807) is 4.68 Å². The van der Waals surface area contributed by atoms with E-state index in [0.29, 0.717) is 16.8 Å². The summed E-state index contributed by atoms with van der Waals surface area (Å²) in [5.41, 5.74) is 4.99. The van der Waals surface area contributed by atoms with Crippen molar-refractivity contribution in [3.63, 3.8) is 0 Å². The molecule has 0 aliphatic heterocycles. The van der Waals surface area contributed by atoms with Crippen molar-refractivity contribution in [3.8, 4) is 16.9 Å². The zero-order valence-corrected chi connectivity index (χ0v) is 14.5. The lowest BCUT2D eigenvalue weighted by Gasteiger charge is -2.03. The Morgan fingerprint density at radius 3 is 2.08 bits per heavy atom. The second kappa shape index (κ2) is 6.81. The number of hydrogen-bond acceptors (Lipinski definition) is 2. The highest BCUT2D eigenvalue weighted by Gasteiger charge is 2.19. The molecule has 3 aromatic carbocycles. The smallest absolute Gasteiger partial charge is 0.196 e. The van der Waals surface area contributed by atoms with Gasteiger partial charge in [-0.1, -0.05) is 78.4 Å². The van der Waals surface area contributed by atoms with Crippen molar-refractivity contribution in [3.05, 3.63) is 108 Å². The fourth-order valence-corrected chi connectivity index (χ4v) is 2.92. The van der Waals surface area contributed by atoms with Crippen molar-refractivity contribution < 1.29 is 4.79 Å². The quantitative estimate of drug-likeness (QED) is 0.486. The van der Waals surface area contributed by atoms with E-state index in [0.717, 1.165) is 11.3 Å². The van der Waals surface area contributed by atoms with Crippen LogP contribution >= 0.6 is 0 Å². The SMILES string of the molecule is Cc1ccc(-c2nn(-c3ccccc3)cc2C(=O)c2ccccc2)cc1. The highest BCUT2D eigenvalue weighted by atomic mass is 16.1. The van der Waals surface area contributed by atoms with Gasteiger partial charge in [0.1, 0.15) is 5.69 Å². The minimum absolute atomic E-state index is 0.0247. The fourth-order valence-electron chi connectivity index (χ4n) is 2.92. The van der Waals surface area contributed by atoms with Gasteiger partial charge in [-0.25, -0.2) is 4.68 Å². The molecule has 126 valence electrons. The molecule has 0 spiro atoms. The van der Waals surface area contributed by atoms with E-state index in [9.17, 15) is 4.79 Å². The molecule has 0 aliphatic rings. The maximum Gasteiger partial charge on any atom is 0.196 e. The molecule has 1 aromatic heterocycles. The Balaban J connectivity index is 1.87. The maximum absolute atomic E-state index is 13.1. The molecule has 4 rings (SSSR count). The first kappa shape index (κ1) is 16.0. The van der Waals surface area contributed by atoms with Gasteiger partial charge < -0.3 is 0 Å². The highest BCUT2D eigenvalue weighted by molar-refractivity contribution is 6.12. The van der Waals surface area contributed by atoms with Gasteiger partial charge in [0.2, 0.25) is 0 Å². The van der Waals surface area contributed by atoms with Crippen LogP contribution in [0.15, 0.2) is 91.1 Å². The van der Waals surface area contributed by atoms with Crippen LogP contribution < -0.4 is 0 Å². The van der Waals surface area contributed by atoms with Crippen LogP contribution in [0.25, 0.3) is 16.9 Å². The number of para-hydroxylation sites is 1. The second-order valence-electron chi connectivity index (χ2n) is 6.23. The molecule has 0 amide bonds. The topological polar surface area (TPSA) is 34.9 Å². The Morgan fingerprint density at radius 2 is 1.42 bits per heavy atom. The first-order valence-electron chi connectivity index (χ1n) is 8.54. The Bertz CT molecular complexity index is 1030. The first-order valence-corrected chi connectivity index (χ1v) is 8.54. The Morgan fingerprint density at radius 1 is 0.808 bits per heavy atom. The van der Waals surface area contributed by atoms with Crippen molar-refractivity contribution in [2.75, 3.05) is 0 Å². The summed E-state index contributed by atoms with van der Waals surface area (Å²) in [4.78, 5) is 13.1. The molecule has 0 saturated carbocycles. The highest BCUT2D eigenvalue weighted by Crippen LogP contribution is 2.26. The van der Waals surface area contributed by atoms with Crippen LogP contribution in [0.4, 0.5) is 0 Å². The van der Waals surface area contributed by atoms with Crippen molar-refractivity contribution in [1.82, 2.24) is 9.78 Å². The van der Waals surface area contributed by atoms with Crippen LogP contribution in [0, 0.1) is 6.92 Å². The number of ketones is 1. The predicted octanol–water partition coefficient (Wildman–Crippen LogP) is 5.08. The van der Waals surface area contributed by atoms with Crippen LogP contribution in [0.3, 0.4) is 0 Å². The largest absolute Gasteiger partial charge is 0.288 e. The van der Waals surface area contributed by atoms with Crippen molar-refractivity contribution in [1.29, 1.82) is 0 Å². The van der Waals surface area contributed by atoms with Gasteiger partial charge in [0, 0.05) is 17.3 Å².